The molecule has 0 saturated carbocycles. The maximum absolute atomic E-state index is 12.4. The smallest absolute Gasteiger partial charge is 0.420 e. The number of benzene rings is 1. The van der Waals surface area contributed by atoms with Crippen LogP contribution in [0.15, 0.2) is 51.8 Å². The summed E-state index contributed by atoms with van der Waals surface area (Å²) in [6.07, 6.45) is 1.28. The predicted octanol–water partition coefficient (Wildman–Crippen LogP) is 1.15. The normalized spacial score (nSPS) is 14.0. The van der Waals surface area contributed by atoms with E-state index in [0.717, 1.165) is 0 Å². The Kier molecular flexibility index (Phi) is 3.89. The zero-order chi connectivity index (χ0) is 18.1. The lowest BCUT2D eigenvalue weighted by molar-refractivity contribution is -0.140. The average Bonchev–Trinajstić information content (AvgIpc) is 2.94. The number of likely N-dealkylation sites (tertiary alicyclic amines) is 1. The lowest BCUT2D eigenvalue weighted by Gasteiger charge is -2.38. The number of pyridine rings is 1. The van der Waals surface area contributed by atoms with Crippen molar-refractivity contribution in [1.29, 1.82) is 5.26 Å². The number of aromatic nitrogens is 2. The van der Waals surface area contributed by atoms with Crippen LogP contribution in [0.25, 0.3) is 11.1 Å². The van der Waals surface area contributed by atoms with Crippen LogP contribution in [0, 0.1) is 11.3 Å². The second-order valence-corrected chi connectivity index (χ2v) is 5.96. The molecule has 3 aromatic rings. The van der Waals surface area contributed by atoms with Crippen molar-refractivity contribution in [1.82, 2.24) is 14.5 Å². The predicted molar refractivity (Wildman–Crippen MR) is 90.4 cm³/mol. The molecule has 1 fully saturated rings. The van der Waals surface area contributed by atoms with Crippen molar-refractivity contribution >= 4 is 17.0 Å². The molecular weight excluding hydrogens is 336 g/mol. The summed E-state index contributed by atoms with van der Waals surface area (Å²) in [7, 11) is 0. The molecule has 4 rings (SSSR count). The highest BCUT2D eigenvalue weighted by molar-refractivity contribution is 5.80. The van der Waals surface area contributed by atoms with E-state index in [0.29, 0.717) is 35.6 Å². The van der Waals surface area contributed by atoms with Gasteiger partial charge in [-0.1, -0.05) is 12.1 Å². The average molecular weight is 350 g/mol. The molecule has 0 spiro atoms. The van der Waals surface area contributed by atoms with Crippen LogP contribution in [-0.4, -0.2) is 39.6 Å². The van der Waals surface area contributed by atoms with Gasteiger partial charge in [-0.3, -0.25) is 9.36 Å². The van der Waals surface area contributed by atoms with Crippen LogP contribution in [0.4, 0.5) is 0 Å². The monoisotopic (exact) mass is 350 g/mol. The second-order valence-electron chi connectivity index (χ2n) is 5.96. The fourth-order valence-corrected chi connectivity index (χ4v) is 2.80. The van der Waals surface area contributed by atoms with Gasteiger partial charge in [-0.15, -0.1) is 0 Å². The molecule has 8 nitrogen and oxygen atoms in total. The lowest BCUT2D eigenvalue weighted by atomic mass is 10.1. The van der Waals surface area contributed by atoms with Crippen LogP contribution >= 0.6 is 0 Å². The van der Waals surface area contributed by atoms with Gasteiger partial charge in [0.2, 0.25) is 11.8 Å². The number of hydrogen-bond acceptors (Lipinski definition) is 6. The molecule has 0 atom stereocenters. The number of carbonyl (C=O) groups excluding carboxylic acids is 1. The topological polar surface area (TPSA) is 101 Å². The second kappa shape index (κ2) is 6.37. The molecule has 0 unspecified atom stereocenters. The molecule has 2 aromatic heterocycles. The fourth-order valence-electron chi connectivity index (χ4n) is 2.80. The number of oxazole rings is 1. The molecule has 8 heteroatoms. The van der Waals surface area contributed by atoms with Crippen LogP contribution in [0.5, 0.6) is 5.88 Å². The van der Waals surface area contributed by atoms with Crippen LogP contribution < -0.4 is 10.5 Å². The third kappa shape index (κ3) is 2.91. The summed E-state index contributed by atoms with van der Waals surface area (Å²) in [5.41, 5.74) is 1.52. The number of ether oxygens (including phenoxy) is 1. The van der Waals surface area contributed by atoms with E-state index >= 15 is 0 Å². The first kappa shape index (κ1) is 15.9. The van der Waals surface area contributed by atoms with Gasteiger partial charge in [0.05, 0.1) is 24.2 Å². The molecule has 26 heavy (non-hydrogen) atoms. The van der Waals surface area contributed by atoms with E-state index in [-0.39, 0.29) is 18.6 Å². The van der Waals surface area contributed by atoms with Crippen LogP contribution in [0.1, 0.15) is 5.56 Å². The van der Waals surface area contributed by atoms with E-state index in [4.69, 9.17) is 14.4 Å². The zero-order valence-corrected chi connectivity index (χ0v) is 13.7. The van der Waals surface area contributed by atoms with E-state index in [1.165, 1.54) is 10.8 Å². The Morgan fingerprint density at radius 3 is 2.85 bits per heavy atom. The number of amides is 1. The Hall–Kier alpha value is -3.60. The van der Waals surface area contributed by atoms with Crippen molar-refractivity contribution in [2.75, 3.05) is 13.1 Å². The summed E-state index contributed by atoms with van der Waals surface area (Å²) in [5, 5.41) is 8.75. The minimum absolute atomic E-state index is 0.0717. The van der Waals surface area contributed by atoms with E-state index < -0.39 is 5.76 Å². The van der Waals surface area contributed by atoms with Gasteiger partial charge in [-0.2, -0.15) is 5.26 Å². The highest BCUT2D eigenvalue weighted by Crippen LogP contribution is 2.18. The molecule has 1 amide bonds. The molecule has 1 aromatic carbocycles. The molecule has 0 N–H and O–H groups in total. The lowest BCUT2D eigenvalue weighted by Crippen LogP contribution is -2.57. The largest absolute Gasteiger partial charge is 0.471 e. The Labute approximate surface area is 147 Å². The summed E-state index contributed by atoms with van der Waals surface area (Å²) in [6.45, 7) is 0.772. The van der Waals surface area contributed by atoms with E-state index in [1.807, 2.05) is 6.07 Å². The van der Waals surface area contributed by atoms with Gasteiger partial charge >= 0.3 is 5.76 Å². The standard InChI is InChI=1S/C18H14N4O4/c19-7-12-5-6-16(20-8-12)25-13-9-21(10-13)17(23)11-22-14-3-1-2-4-15(14)26-18(22)24/h1-6,8,13H,9-11H2. The Morgan fingerprint density at radius 2 is 2.12 bits per heavy atom. The molecular formula is C18H14N4O4. The molecule has 1 aliphatic heterocycles. The first-order chi connectivity index (χ1) is 12.6. The Morgan fingerprint density at radius 1 is 1.31 bits per heavy atom. The molecule has 0 radical (unpaired) electrons. The molecule has 1 aliphatic rings. The van der Waals surface area contributed by atoms with Crippen molar-refractivity contribution in [3.05, 3.63) is 58.7 Å². The van der Waals surface area contributed by atoms with Gasteiger partial charge in [-0.05, 0) is 18.2 Å². The maximum atomic E-state index is 12.4. The number of nitrogens with zero attached hydrogens (tertiary/aromatic N) is 4. The molecule has 3 heterocycles. The molecule has 1 saturated heterocycles. The summed E-state index contributed by atoms with van der Waals surface area (Å²) in [4.78, 5) is 30.0. The van der Waals surface area contributed by atoms with Crippen LogP contribution in [0.3, 0.4) is 0 Å². The molecule has 0 bridgehead atoms. The zero-order valence-electron chi connectivity index (χ0n) is 13.7. The third-order valence-corrected chi connectivity index (χ3v) is 4.22. The van der Waals surface area contributed by atoms with Crippen molar-refractivity contribution in [2.24, 2.45) is 0 Å². The van der Waals surface area contributed by atoms with Gasteiger partial charge in [0.1, 0.15) is 18.7 Å². The van der Waals surface area contributed by atoms with E-state index in [1.54, 1.807) is 41.3 Å². The Balaban J connectivity index is 1.36. The van der Waals surface area contributed by atoms with E-state index in [2.05, 4.69) is 4.98 Å². The highest BCUT2D eigenvalue weighted by Gasteiger charge is 2.33. The van der Waals surface area contributed by atoms with E-state index in [9.17, 15) is 9.59 Å². The fraction of sp³-hybridized carbons (Fsp3) is 0.222. The van der Waals surface area contributed by atoms with Crippen molar-refractivity contribution in [3.63, 3.8) is 0 Å². The minimum Gasteiger partial charge on any atom is -0.471 e. The number of carbonyl (C=O) groups is 1. The SMILES string of the molecule is N#Cc1ccc(OC2CN(C(=O)Cn3c(=O)oc4ccccc43)C2)nc1. The summed E-state index contributed by atoms with van der Waals surface area (Å²) in [5.74, 6) is -0.306. The van der Waals surface area contributed by atoms with Gasteiger partial charge in [-0.25, -0.2) is 9.78 Å². The highest BCUT2D eigenvalue weighted by atomic mass is 16.5. The van der Waals surface area contributed by atoms with Crippen molar-refractivity contribution in [2.45, 2.75) is 12.6 Å². The van der Waals surface area contributed by atoms with Gasteiger partial charge in [0, 0.05) is 12.3 Å². The first-order valence-electron chi connectivity index (χ1n) is 8.03. The van der Waals surface area contributed by atoms with Gasteiger partial charge in [0.15, 0.2) is 5.58 Å². The number of hydrogen-bond donors (Lipinski definition) is 0. The third-order valence-electron chi connectivity index (χ3n) is 4.22. The molecule has 130 valence electrons. The molecule has 0 aliphatic carbocycles. The van der Waals surface area contributed by atoms with Crippen molar-refractivity contribution in [3.8, 4) is 11.9 Å². The first-order valence-corrected chi connectivity index (χ1v) is 8.03. The van der Waals surface area contributed by atoms with Gasteiger partial charge in [0.25, 0.3) is 0 Å². The number of para-hydroxylation sites is 2. The summed E-state index contributed by atoms with van der Waals surface area (Å²) < 4.78 is 12.1. The quantitative estimate of drug-likeness (QED) is 0.699. The van der Waals surface area contributed by atoms with Crippen molar-refractivity contribution < 1.29 is 13.9 Å². The minimum atomic E-state index is -0.547. The van der Waals surface area contributed by atoms with Crippen LogP contribution in [0.2, 0.25) is 0 Å². The number of fused-ring (bicyclic) bond motifs is 1. The number of rotatable bonds is 4. The summed E-state index contributed by atoms with van der Waals surface area (Å²) in [6, 6.07) is 12.2. The van der Waals surface area contributed by atoms with Crippen LogP contribution in [-0.2, 0) is 11.3 Å². The Bertz CT molecular complexity index is 1060. The maximum Gasteiger partial charge on any atom is 0.420 e. The number of nitriles is 1. The summed E-state index contributed by atoms with van der Waals surface area (Å²) >= 11 is 0. The van der Waals surface area contributed by atoms with Gasteiger partial charge < -0.3 is 14.1 Å².